The highest BCUT2D eigenvalue weighted by atomic mass is 35.5. The fourth-order valence-corrected chi connectivity index (χ4v) is 2.51. The van der Waals surface area contributed by atoms with E-state index < -0.39 is 5.56 Å². The molecule has 0 unspecified atom stereocenters. The van der Waals surface area contributed by atoms with Gasteiger partial charge < -0.3 is 10.2 Å². The molecule has 0 atom stereocenters. The van der Waals surface area contributed by atoms with E-state index in [-0.39, 0.29) is 22.5 Å². The molecule has 1 N–H and O–H groups in total. The van der Waals surface area contributed by atoms with Gasteiger partial charge in [0.2, 0.25) is 5.91 Å². The summed E-state index contributed by atoms with van der Waals surface area (Å²) in [5, 5.41) is 6.43. The monoisotopic (exact) mass is 368 g/mol. The van der Waals surface area contributed by atoms with Crippen LogP contribution in [0.5, 0.6) is 0 Å². The van der Waals surface area contributed by atoms with Crippen LogP contribution in [0.2, 0.25) is 10.0 Å². The Labute approximate surface area is 150 Å². The van der Waals surface area contributed by atoms with Crippen molar-refractivity contribution in [3.63, 3.8) is 0 Å². The van der Waals surface area contributed by atoms with Crippen molar-refractivity contribution in [2.45, 2.75) is 20.4 Å². The summed E-state index contributed by atoms with van der Waals surface area (Å²) >= 11 is 11.5. The van der Waals surface area contributed by atoms with Crippen LogP contribution in [0.1, 0.15) is 13.8 Å². The van der Waals surface area contributed by atoms with Gasteiger partial charge in [-0.05, 0) is 38.1 Å². The first-order chi connectivity index (χ1) is 11.5. The van der Waals surface area contributed by atoms with Crippen molar-refractivity contribution in [3.05, 3.63) is 50.9 Å². The fraction of sp³-hybridized carbons (Fsp3) is 0.312. The lowest BCUT2D eigenvalue weighted by molar-refractivity contribution is -0.117. The van der Waals surface area contributed by atoms with Crippen LogP contribution >= 0.6 is 23.2 Å². The predicted octanol–water partition coefficient (Wildman–Crippen LogP) is 3.04. The smallest absolute Gasteiger partial charge is 0.287 e. The van der Waals surface area contributed by atoms with Crippen molar-refractivity contribution in [2.75, 3.05) is 23.3 Å². The van der Waals surface area contributed by atoms with Gasteiger partial charge in [-0.1, -0.05) is 23.2 Å². The van der Waals surface area contributed by atoms with Crippen LogP contribution in [-0.2, 0) is 11.3 Å². The van der Waals surface area contributed by atoms with E-state index in [0.29, 0.717) is 5.69 Å². The second-order valence-electron chi connectivity index (χ2n) is 5.04. The average molecular weight is 369 g/mol. The van der Waals surface area contributed by atoms with Gasteiger partial charge in [0.1, 0.15) is 11.6 Å². The third-order valence-corrected chi connectivity index (χ3v) is 4.26. The molecule has 0 aliphatic rings. The Morgan fingerprint density at radius 2 is 1.83 bits per heavy atom. The van der Waals surface area contributed by atoms with Gasteiger partial charge in [0.25, 0.3) is 5.56 Å². The van der Waals surface area contributed by atoms with Crippen LogP contribution in [0, 0.1) is 0 Å². The number of carbonyl (C=O) groups is 1. The zero-order valence-electron chi connectivity index (χ0n) is 13.4. The molecule has 6 nitrogen and oxygen atoms in total. The zero-order valence-corrected chi connectivity index (χ0v) is 14.9. The van der Waals surface area contributed by atoms with Gasteiger partial charge >= 0.3 is 0 Å². The molecule has 0 spiro atoms. The number of hydrogen-bond donors (Lipinski definition) is 1. The zero-order chi connectivity index (χ0) is 17.7. The molecule has 8 heteroatoms. The summed E-state index contributed by atoms with van der Waals surface area (Å²) in [6.07, 6.45) is 1.23. The molecule has 1 amide bonds. The minimum absolute atomic E-state index is 0.0605. The van der Waals surface area contributed by atoms with Crippen LogP contribution in [0.15, 0.2) is 35.3 Å². The molecule has 1 aromatic carbocycles. The maximum Gasteiger partial charge on any atom is 0.287 e. The van der Waals surface area contributed by atoms with Gasteiger partial charge in [-0.3, -0.25) is 9.59 Å². The number of nitrogens with one attached hydrogen (secondary N) is 1. The molecule has 2 aromatic rings. The molecule has 0 saturated heterocycles. The Hall–Kier alpha value is -2.05. The first-order valence-corrected chi connectivity index (χ1v) is 8.27. The Bertz CT molecular complexity index is 771. The average Bonchev–Trinajstić information content (AvgIpc) is 2.58. The largest absolute Gasteiger partial charge is 0.372 e. The maximum absolute atomic E-state index is 12.1. The molecular weight excluding hydrogens is 351 g/mol. The van der Waals surface area contributed by atoms with Crippen molar-refractivity contribution in [1.29, 1.82) is 0 Å². The Balaban J connectivity index is 2.05. The first kappa shape index (κ1) is 18.3. The molecule has 2 rings (SSSR count). The van der Waals surface area contributed by atoms with Gasteiger partial charge in [-0.25, -0.2) is 4.68 Å². The second kappa shape index (κ2) is 8.17. The number of hydrogen-bond acceptors (Lipinski definition) is 4. The first-order valence-electron chi connectivity index (χ1n) is 7.52. The van der Waals surface area contributed by atoms with E-state index in [9.17, 15) is 9.59 Å². The molecule has 1 aromatic heterocycles. The lowest BCUT2D eigenvalue weighted by atomic mass is 10.2. The number of nitrogens with zero attached hydrogens (tertiary/aromatic N) is 3. The van der Waals surface area contributed by atoms with Crippen LogP contribution in [-0.4, -0.2) is 28.8 Å². The molecule has 1 heterocycles. The quantitative estimate of drug-likeness (QED) is 0.850. The SMILES string of the molecule is CCN(CC)c1ccc(NC(=O)Cn2ncc(Cl)c(Cl)c2=O)cc1. The predicted molar refractivity (Wildman–Crippen MR) is 97.1 cm³/mol. The van der Waals surface area contributed by atoms with E-state index in [2.05, 4.69) is 29.2 Å². The van der Waals surface area contributed by atoms with E-state index in [1.165, 1.54) is 6.20 Å². The topological polar surface area (TPSA) is 67.2 Å². The van der Waals surface area contributed by atoms with Crippen LogP contribution in [0.3, 0.4) is 0 Å². The van der Waals surface area contributed by atoms with Crippen molar-refractivity contribution in [1.82, 2.24) is 9.78 Å². The number of carbonyl (C=O) groups excluding carboxylic acids is 1. The number of amides is 1. The highest BCUT2D eigenvalue weighted by Gasteiger charge is 2.11. The van der Waals surface area contributed by atoms with Gasteiger partial charge in [-0.2, -0.15) is 5.10 Å². The minimum atomic E-state index is -0.601. The molecule has 0 saturated carbocycles. The van der Waals surface area contributed by atoms with Gasteiger partial charge in [0, 0.05) is 24.5 Å². The highest BCUT2D eigenvalue weighted by molar-refractivity contribution is 6.41. The summed E-state index contributed by atoms with van der Waals surface area (Å²) in [5.41, 5.74) is 1.13. The highest BCUT2D eigenvalue weighted by Crippen LogP contribution is 2.18. The Morgan fingerprint density at radius 1 is 1.21 bits per heavy atom. The number of benzene rings is 1. The Kier molecular flexibility index (Phi) is 6.23. The molecule has 128 valence electrons. The van der Waals surface area contributed by atoms with Crippen LogP contribution < -0.4 is 15.8 Å². The normalized spacial score (nSPS) is 10.5. The summed E-state index contributed by atoms with van der Waals surface area (Å²) < 4.78 is 0.966. The van der Waals surface area contributed by atoms with E-state index in [1.807, 2.05) is 24.3 Å². The third-order valence-electron chi connectivity index (χ3n) is 3.52. The van der Waals surface area contributed by atoms with Crippen molar-refractivity contribution < 1.29 is 4.79 Å². The minimum Gasteiger partial charge on any atom is -0.372 e. The molecule has 0 aliphatic heterocycles. The number of rotatable bonds is 6. The van der Waals surface area contributed by atoms with Crippen molar-refractivity contribution >= 4 is 40.5 Å². The van der Waals surface area contributed by atoms with E-state index in [1.54, 1.807) is 0 Å². The molecule has 24 heavy (non-hydrogen) atoms. The molecule has 0 aliphatic carbocycles. The molecular formula is C16H18Cl2N4O2. The van der Waals surface area contributed by atoms with Crippen LogP contribution in [0.25, 0.3) is 0 Å². The number of anilines is 2. The Morgan fingerprint density at radius 3 is 2.42 bits per heavy atom. The van der Waals surface area contributed by atoms with E-state index in [0.717, 1.165) is 23.5 Å². The van der Waals surface area contributed by atoms with E-state index in [4.69, 9.17) is 23.2 Å². The van der Waals surface area contributed by atoms with E-state index >= 15 is 0 Å². The standard InChI is InChI=1S/C16H18Cl2N4O2/c1-3-21(4-2)12-7-5-11(6-8-12)20-14(23)10-22-16(24)15(18)13(17)9-19-22/h5-9H,3-4,10H2,1-2H3,(H,20,23). The summed E-state index contributed by atoms with van der Waals surface area (Å²) in [5.74, 6) is -0.376. The van der Waals surface area contributed by atoms with Gasteiger partial charge in [-0.15, -0.1) is 0 Å². The lowest BCUT2D eigenvalue weighted by Crippen LogP contribution is -2.29. The summed E-state index contributed by atoms with van der Waals surface area (Å²) in [7, 11) is 0. The molecule has 0 fully saturated rings. The third kappa shape index (κ3) is 4.27. The second-order valence-corrected chi connectivity index (χ2v) is 5.82. The molecule has 0 radical (unpaired) electrons. The van der Waals surface area contributed by atoms with Gasteiger partial charge in [0.15, 0.2) is 0 Å². The lowest BCUT2D eigenvalue weighted by Gasteiger charge is -2.21. The summed E-state index contributed by atoms with van der Waals surface area (Å²) in [6, 6.07) is 7.51. The number of aromatic nitrogens is 2. The fourth-order valence-electron chi connectivity index (χ4n) is 2.24. The molecule has 0 bridgehead atoms. The number of halogens is 2. The van der Waals surface area contributed by atoms with Crippen molar-refractivity contribution in [3.8, 4) is 0 Å². The van der Waals surface area contributed by atoms with Gasteiger partial charge in [0.05, 0.1) is 11.2 Å². The maximum atomic E-state index is 12.1. The van der Waals surface area contributed by atoms with Crippen molar-refractivity contribution in [2.24, 2.45) is 0 Å². The summed E-state index contributed by atoms with van der Waals surface area (Å²) in [4.78, 5) is 26.1. The summed E-state index contributed by atoms with van der Waals surface area (Å²) in [6.45, 7) is 5.75. The van der Waals surface area contributed by atoms with Crippen LogP contribution in [0.4, 0.5) is 11.4 Å².